The van der Waals surface area contributed by atoms with Crippen LogP contribution in [0.1, 0.15) is 25.8 Å². The standard InChI is InChI=1S/C15H16O4/c1-9(2)8-11-12(14(17)15(18)19-11)13(16)10-6-4-3-5-7-10/h3-7,9,11,16H,8H2,1-2H3/b13-12+. The van der Waals surface area contributed by atoms with E-state index in [0.29, 0.717) is 12.0 Å². The Morgan fingerprint density at radius 3 is 2.47 bits per heavy atom. The summed E-state index contributed by atoms with van der Waals surface area (Å²) in [5.74, 6) is -1.54. The summed E-state index contributed by atoms with van der Waals surface area (Å²) in [7, 11) is 0. The van der Waals surface area contributed by atoms with Crippen molar-refractivity contribution in [3.8, 4) is 0 Å². The van der Waals surface area contributed by atoms with Gasteiger partial charge in [-0.05, 0) is 12.3 Å². The smallest absolute Gasteiger partial charge is 0.380 e. The van der Waals surface area contributed by atoms with E-state index in [-0.39, 0.29) is 17.3 Å². The first-order valence-electron chi connectivity index (χ1n) is 6.24. The summed E-state index contributed by atoms with van der Waals surface area (Å²) in [5, 5.41) is 10.2. The molecule has 19 heavy (non-hydrogen) atoms. The van der Waals surface area contributed by atoms with E-state index in [1.54, 1.807) is 24.3 Å². The second-order valence-electron chi connectivity index (χ2n) is 4.98. The Labute approximate surface area is 111 Å². The average molecular weight is 260 g/mol. The summed E-state index contributed by atoms with van der Waals surface area (Å²) in [6, 6.07) is 8.69. The summed E-state index contributed by atoms with van der Waals surface area (Å²) in [5.41, 5.74) is 0.586. The van der Waals surface area contributed by atoms with Gasteiger partial charge in [0, 0.05) is 5.56 Å². The van der Waals surface area contributed by atoms with Gasteiger partial charge in [0.05, 0.1) is 5.57 Å². The van der Waals surface area contributed by atoms with Gasteiger partial charge in [-0.25, -0.2) is 4.79 Å². The lowest BCUT2D eigenvalue weighted by atomic mass is 9.96. The summed E-state index contributed by atoms with van der Waals surface area (Å²) >= 11 is 0. The zero-order valence-electron chi connectivity index (χ0n) is 10.9. The monoisotopic (exact) mass is 260 g/mol. The number of ketones is 1. The lowest BCUT2D eigenvalue weighted by Crippen LogP contribution is -2.14. The van der Waals surface area contributed by atoms with Crippen molar-refractivity contribution in [2.75, 3.05) is 0 Å². The molecule has 0 aliphatic carbocycles. The van der Waals surface area contributed by atoms with Crippen LogP contribution < -0.4 is 0 Å². The number of cyclic esters (lactones) is 1. The molecule has 0 amide bonds. The predicted octanol–water partition coefficient (Wildman–Crippen LogP) is 2.50. The van der Waals surface area contributed by atoms with Crippen LogP contribution in [-0.2, 0) is 14.3 Å². The number of rotatable bonds is 3. The van der Waals surface area contributed by atoms with E-state index in [4.69, 9.17) is 4.74 Å². The Morgan fingerprint density at radius 2 is 1.89 bits per heavy atom. The minimum atomic E-state index is -0.886. The van der Waals surface area contributed by atoms with E-state index in [0.717, 1.165) is 0 Å². The highest BCUT2D eigenvalue weighted by Gasteiger charge is 2.41. The molecule has 1 heterocycles. The number of hydrogen-bond donors (Lipinski definition) is 1. The van der Waals surface area contributed by atoms with Gasteiger partial charge in [-0.15, -0.1) is 0 Å². The van der Waals surface area contributed by atoms with Crippen molar-refractivity contribution >= 4 is 17.5 Å². The minimum absolute atomic E-state index is 0.0740. The van der Waals surface area contributed by atoms with E-state index >= 15 is 0 Å². The maximum absolute atomic E-state index is 11.8. The van der Waals surface area contributed by atoms with Gasteiger partial charge in [-0.3, -0.25) is 4.79 Å². The molecule has 1 saturated heterocycles. The van der Waals surface area contributed by atoms with Crippen LogP contribution in [0.25, 0.3) is 5.76 Å². The van der Waals surface area contributed by atoms with Gasteiger partial charge in [0.1, 0.15) is 11.9 Å². The minimum Gasteiger partial charge on any atom is -0.507 e. The predicted molar refractivity (Wildman–Crippen MR) is 70.3 cm³/mol. The number of benzene rings is 1. The van der Waals surface area contributed by atoms with E-state index in [1.165, 1.54) is 0 Å². The highest BCUT2D eigenvalue weighted by molar-refractivity contribution is 6.44. The fourth-order valence-electron chi connectivity index (χ4n) is 2.10. The normalized spacial score (nSPS) is 21.7. The Kier molecular flexibility index (Phi) is 3.69. The van der Waals surface area contributed by atoms with Crippen molar-refractivity contribution in [2.24, 2.45) is 5.92 Å². The van der Waals surface area contributed by atoms with Crippen molar-refractivity contribution in [3.05, 3.63) is 41.5 Å². The third-order valence-corrected chi connectivity index (χ3v) is 2.99. The average Bonchev–Trinajstić information content (AvgIpc) is 2.64. The van der Waals surface area contributed by atoms with Crippen molar-refractivity contribution in [2.45, 2.75) is 26.4 Å². The zero-order valence-corrected chi connectivity index (χ0v) is 10.9. The third kappa shape index (κ3) is 2.67. The van der Waals surface area contributed by atoms with E-state index in [1.807, 2.05) is 19.9 Å². The first kappa shape index (κ1) is 13.3. The molecule has 1 aliphatic rings. The van der Waals surface area contributed by atoms with Crippen LogP contribution in [0.3, 0.4) is 0 Å². The third-order valence-electron chi connectivity index (χ3n) is 2.99. The molecule has 1 aromatic carbocycles. The molecule has 1 N–H and O–H groups in total. The quantitative estimate of drug-likeness (QED) is 0.392. The van der Waals surface area contributed by atoms with Gasteiger partial charge >= 0.3 is 5.97 Å². The first-order chi connectivity index (χ1) is 9.00. The van der Waals surface area contributed by atoms with Gasteiger partial charge in [-0.2, -0.15) is 0 Å². The molecular weight excluding hydrogens is 244 g/mol. The summed E-state index contributed by atoms with van der Waals surface area (Å²) in [6.07, 6.45) is -0.135. The van der Waals surface area contributed by atoms with Gasteiger partial charge in [0.15, 0.2) is 0 Å². The van der Waals surface area contributed by atoms with Crippen LogP contribution in [-0.4, -0.2) is 23.0 Å². The molecule has 0 spiro atoms. The van der Waals surface area contributed by atoms with Crippen molar-refractivity contribution < 1.29 is 19.4 Å². The fourth-order valence-corrected chi connectivity index (χ4v) is 2.10. The molecule has 2 rings (SSSR count). The molecule has 4 heteroatoms. The highest BCUT2D eigenvalue weighted by Crippen LogP contribution is 2.29. The van der Waals surface area contributed by atoms with Crippen LogP contribution in [0.15, 0.2) is 35.9 Å². The van der Waals surface area contributed by atoms with Crippen LogP contribution in [0.4, 0.5) is 0 Å². The fraction of sp³-hybridized carbons (Fsp3) is 0.333. The second-order valence-corrected chi connectivity index (χ2v) is 4.98. The number of aliphatic hydroxyl groups is 1. The molecule has 1 aliphatic heterocycles. The number of esters is 1. The maximum Gasteiger partial charge on any atom is 0.380 e. The van der Waals surface area contributed by atoms with Crippen LogP contribution >= 0.6 is 0 Å². The van der Waals surface area contributed by atoms with E-state index in [9.17, 15) is 14.7 Å². The van der Waals surface area contributed by atoms with Gasteiger partial charge in [-0.1, -0.05) is 44.2 Å². The van der Waals surface area contributed by atoms with Crippen LogP contribution in [0.5, 0.6) is 0 Å². The topological polar surface area (TPSA) is 63.6 Å². The molecule has 0 radical (unpaired) electrons. The van der Waals surface area contributed by atoms with Crippen LogP contribution in [0.2, 0.25) is 0 Å². The second kappa shape index (κ2) is 5.26. The number of Topliss-reactive ketones (excluding diaryl/α,β-unsaturated/α-hetero) is 1. The SMILES string of the molecule is CC(C)CC1OC(=O)C(=O)/C1=C(/O)c1ccccc1. The summed E-state index contributed by atoms with van der Waals surface area (Å²) in [6.45, 7) is 3.93. The highest BCUT2D eigenvalue weighted by atomic mass is 16.6. The molecule has 100 valence electrons. The molecular formula is C15H16O4. The maximum atomic E-state index is 11.8. The molecule has 4 nitrogen and oxygen atoms in total. The Balaban J connectivity index is 2.43. The molecule has 0 aromatic heterocycles. The van der Waals surface area contributed by atoms with Crippen LogP contribution in [0, 0.1) is 5.92 Å². The number of carbonyl (C=O) groups excluding carboxylic acids is 2. The zero-order chi connectivity index (χ0) is 14.0. The van der Waals surface area contributed by atoms with E-state index in [2.05, 4.69) is 0 Å². The molecule has 1 unspecified atom stereocenters. The van der Waals surface area contributed by atoms with Gasteiger partial charge < -0.3 is 9.84 Å². The van der Waals surface area contributed by atoms with Crippen molar-refractivity contribution in [3.63, 3.8) is 0 Å². The number of aliphatic hydroxyl groups excluding tert-OH is 1. The number of ether oxygens (including phenoxy) is 1. The van der Waals surface area contributed by atoms with Gasteiger partial charge in [0.25, 0.3) is 5.78 Å². The molecule has 1 fully saturated rings. The van der Waals surface area contributed by atoms with Gasteiger partial charge in [0.2, 0.25) is 0 Å². The number of hydrogen-bond acceptors (Lipinski definition) is 4. The Bertz CT molecular complexity index is 528. The Hall–Kier alpha value is -2.10. The van der Waals surface area contributed by atoms with Crippen molar-refractivity contribution in [1.29, 1.82) is 0 Å². The molecule has 0 saturated carbocycles. The molecule has 1 atom stereocenters. The van der Waals surface area contributed by atoms with E-state index < -0.39 is 17.9 Å². The molecule has 1 aromatic rings. The van der Waals surface area contributed by atoms with Crippen molar-refractivity contribution in [1.82, 2.24) is 0 Å². The number of carbonyl (C=O) groups is 2. The lowest BCUT2D eigenvalue weighted by molar-refractivity contribution is -0.149. The summed E-state index contributed by atoms with van der Waals surface area (Å²) in [4.78, 5) is 23.2. The summed E-state index contributed by atoms with van der Waals surface area (Å²) < 4.78 is 5.03. The largest absolute Gasteiger partial charge is 0.507 e. The lowest BCUT2D eigenvalue weighted by Gasteiger charge is -2.13. The first-order valence-corrected chi connectivity index (χ1v) is 6.24. The Morgan fingerprint density at radius 1 is 1.26 bits per heavy atom. The molecule has 0 bridgehead atoms.